The number of carboxylic acid groups (broad SMARTS) is 1. The third-order valence-corrected chi connectivity index (χ3v) is 1.03. The molecule has 0 saturated heterocycles. The average Bonchev–Trinajstić information content (AvgIpc) is 2.53. The Balaban J connectivity index is 0.000000144. The normalized spacial score (nSPS) is 15.8. The number of hydrogen-bond acceptors (Lipinski definition) is 3. The van der Waals surface area contributed by atoms with Crippen molar-refractivity contribution in [2.75, 3.05) is 5.75 Å². The van der Waals surface area contributed by atoms with E-state index in [1.165, 1.54) is 12.8 Å². The van der Waals surface area contributed by atoms with Gasteiger partial charge in [0, 0.05) is 6.04 Å². The molecule has 0 spiro atoms. The Morgan fingerprint density at radius 2 is 2.00 bits per heavy atom. The summed E-state index contributed by atoms with van der Waals surface area (Å²) in [6.07, 6.45) is 2.53. The molecule has 1 aliphatic rings. The summed E-state index contributed by atoms with van der Waals surface area (Å²) in [7, 11) is 0. The molecule has 0 unspecified atom stereocenters. The third-order valence-electron chi connectivity index (χ3n) is 0.757. The predicted molar refractivity (Wildman–Crippen MR) is 38.7 cm³/mol. The third kappa shape index (κ3) is 11.4. The largest absolute Gasteiger partial charge is 0.481 e. The lowest BCUT2D eigenvalue weighted by atomic mass is 10.8. The van der Waals surface area contributed by atoms with E-state index in [1.807, 2.05) is 0 Å². The van der Waals surface area contributed by atoms with Crippen LogP contribution >= 0.6 is 12.6 Å². The fourth-order valence-electron chi connectivity index (χ4n) is 0.0962. The molecule has 0 bridgehead atoms. The fourth-order valence-corrected chi connectivity index (χ4v) is 0.0962. The van der Waals surface area contributed by atoms with Gasteiger partial charge in [0.05, 0.1) is 5.75 Å². The van der Waals surface area contributed by atoms with E-state index >= 15 is 0 Å². The van der Waals surface area contributed by atoms with Crippen LogP contribution in [0.5, 0.6) is 0 Å². The SMILES string of the molecule is NC1CC1.O=C(O)CS. The van der Waals surface area contributed by atoms with Gasteiger partial charge < -0.3 is 10.8 Å². The van der Waals surface area contributed by atoms with Crippen molar-refractivity contribution < 1.29 is 9.90 Å². The number of hydrogen-bond donors (Lipinski definition) is 3. The first kappa shape index (κ1) is 8.78. The first-order valence-electron chi connectivity index (χ1n) is 2.75. The standard InChI is InChI=1S/C3H7N.C2H4O2S/c4-3-1-2-3;3-2(4)1-5/h3H,1-2,4H2;5H,1H2,(H,3,4). The quantitative estimate of drug-likeness (QED) is 0.464. The van der Waals surface area contributed by atoms with Crippen molar-refractivity contribution in [3.63, 3.8) is 0 Å². The lowest BCUT2D eigenvalue weighted by Gasteiger charge is -1.71. The van der Waals surface area contributed by atoms with Crippen molar-refractivity contribution in [2.45, 2.75) is 18.9 Å². The molecule has 4 heteroatoms. The Bertz CT molecular complexity index is 93.0. The molecule has 0 aromatic carbocycles. The van der Waals surface area contributed by atoms with E-state index in [0.29, 0.717) is 6.04 Å². The molecule has 0 aromatic heterocycles. The maximum absolute atomic E-state index is 9.29. The van der Waals surface area contributed by atoms with E-state index in [0.717, 1.165) is 0 Å². The molecular formula is C5H11NO2S. The number of rotatable bonds is 1. The number of aliphatic carboxylic acids is 1. The van der Waals surface area contributed by atoms with Crippen LogP contribution in [0, 0.1) is 0 Å². The second-order valence-electron chi connectivity index (χ2n) is 1.89. The van der Waals surface area contributed by atoms with E-state index in [2.05, 4.69) is 12.6 Å². The van der Waals surface area contributed by atoms with Crippen molar-refractivity contribution >= 4 is 18.6 Å². The van der Waals surface area contributed by atoms with Gasteiger partial charge >= 0.3 is 5.97 Å². The second kappa shape index (κ2) is 4.64. The molecule has 3 N–H and O–H groups in total. The van der Waals surface area contributed by atoms with Gasteiger partial charge in [-0.1, -0.05) is 0 Å². The second-order valence-corrected chi connectivity index (χ2v) is 2.21. The van der Waals surface area contributed by atoms with Crippen LogP contribution < -0.4 is 5.73 Å². The molecule has 1 saturated carbocycles. The Hall–Kier alpha value is -0.220. The molecule has 54 valence electrons. The van der Waals surface area contributed by atoms with Crippen LogP contribution in [-0.4, -0.2) is 22.9 Å². The van der Waals surface area contributed by atoms with Gasteiger partial charge in [0.1, 0.15) is 0 Å². The molecule has 0 aliphatic heterocycles. The van der Waals surface area contributed by atoms with E-state index in [9.17, 15) is 4.79 Å². The molecular weight excluding hydrogens is 138 g/mol. The van der Waals surface area contributed by atoms with Gasteiger partial charge in [-0.2, -0.15) is 12.6 Å². The minimum atomic E-state index is -0.881. The Morgan fingerprint density at radius 1 is 1.78 bits per heavy atom. The number of carbonyl (C=O) groups is 1. The molecule has 0 atom stereocenters. The summed E-state index contributed by atoms with van der Waals surface area (Å²) < 4.78 is 0. The van der Waals surface area contributed by atoms with Crippen LogP contribution in [0.3, 0.4) is 0 Å². The highest BCUT2D eigenvalue weighted by atomic mass is 32.1. The van der Waals surface area contributed by atoms with Gasteiger partial charge in [-0.05, 0) is 12.8 Å². The fraction of sp³-hybridized carbons (Fsp3) is 0.800. The van der Waals surface area contributed by atoms with Crippen molar-refractivity contribution in [1.29, 1.82) is 0 Å². The maximum atomic E-state index is 9.29. The van der Waals surface area contributed by atoms with Crippen molar-refractivity contribution in [3.05, 3.63) is 0 Å². The molecule has 1 fully saturated rings. The minimum absolute atomic E-state index is 0.0833. The molecule has 0 heterocycles. The summed E-state index contributed by atoms with van der Waals surface area (Å²) >= 11 is 3.42. The topological polar surface area (TPSA) is 63.3 Å². The highest BCUT2D eigenvalue weighted by Gasteiger charge is 2.13. The zero-order valence-electron chi connectivity index (χ0n) is 5.08. The molecule has 1 aliphatic carbocycles. The van der Waals surface area contributed by atoms with Gasteiger partial charge in [-0.25, -0.2) is 0 Å². The van der Waals surface area contributed by atoms with Gasteiger partial charge in [0.15, 0.2) is 0 Å². The van der Waals surface area contributed by atoms with Crippen LogP contribution in [0.1, 0.15) is 12.8 Å². The Kier molecular flexibility index (Phi) is 4.53. The monoisotopic (exact) mass is 149 g/mol. The highest BCUT2D eigenvalue weighted by molar-refractivity contribution is 7.81. The van der Waals surface area contributed by atoms with Crippen LogP contribution in [0.25, 0.3) is 0 Å². The maximum Gasteiger partial charge on any atom is 0.313 e. The van der Waals surface area contributed by atoms with Crippen molar-refractivity contribution in [2.24, 2.45) is 5.73 Å². The summed E-state index contributed by atoms with van der Waals surface area (Å²) in [6.45, 7) is 0. The number of thiol groups is 1. The smallest absolute Gasteiger partial charge is 0.313 e. The first-order chi connectivity index (χ1) is 4.16. The highest BCUT2D eigenvalue weighted by Crippen LogP contribution is 2.13. The predicted octanol–water partition coefficient (Wildman–Crippen LogP) is 0.108. The van der Waals surface area contributed by atoms with Gasteiger partial charge in [0.2, 0.25) is 0 Å². The van der Waals surface area contributed by atoms with Crippen molar-refractivity contribution in [3.8, 4) is 0 Å². The van der Waals surface area contributed by atoms with Gasteiger partial charge in [-0.15, -0.1) is 0 Å². The van der Waals surface area contributed by atoms with Crippen molar-refractivity contribution in [1.82, 2.24) is 0 Å². The number of carboxylic acids is 1. The zero-order valence-corrected chi connectivity index (χ0v) is 5.97. The summed E-state index contributed by atoms with van der Waals surface area (Å²) in [5.74, 6) is -0.965. The Morgan fingerprint density at radius 3 is 2.00 bits per heavy atom. The molecule has 1 rings (SSSR count). The van der Waals surface area contributed by atoms with E-state index < -0.39 is 5.97 Å². The van der Waals surface area contributed by atoms with Crippen LogP contribution in [-0.2, 0) is 4.79 Å². The van der Waals surface area contributed by atoms with Gasteiger partial charge in [0.25, 0.3) is 0 Å². The minimum Gasteiger partial charge on any atom is -0.481 e. The van der Waals surface area contributed by atoms with Crippen LogP contribution in [0.2, 0.25) is 0 Å². The Labute approximate surface area is 59.6 Å². The lowest BCUT2D eigenvalue weighted by molar-refractivity contribution is -0.133. The summed E-state index contributed by atoms with van der Waals surface area (Å²) in [5.41, 5.74) is 5.22. The van der Waals surface area contributed by atoms with Crippen LogP contribution in [0.15, 0.2) is 0 Å². The average molecular weight is 149 g/mol. The summed E-state index contributed by atoms with van der Waals surface area (Å²) in [5, 5.41) is 7.65. The van der Waals surface area contributed by atoms with Gasteiger partial charge in [-0.3, -0.25) is 4.79 Å². The molecule has 0 radical (unpaired) electrons. The molecule has 0 aromatic rings. The molecule has 3 nitrogen and oxygen atoms in total. The van der Waals surface area contributed by atoms with Crippen LogP contribution in [0.4, 0.5) is 0 Å². The summed E-state index contributed by atoms with van der Waals surface area (Å²) in [6, 6.07) is 0.583. The van der Waals surface area contributed by atoms with E-state index in [4.69, 9.17) is 10.8 Å². The zero-order chi connectivity index (χ0) is 7.28. The first-order valence-corrected chi connectivity index (χ1v) is 3.38. The van der Waals surface area contributed by atoms with E-state index in [1.54, 1.807) is 0 Å². The molecule has 0 amide bonds. The summed E-state index contributed by atoms with van der Waals surface area (Å²) in [4.78, 5) is 9.29. The number of nitrogens with two attached hydrogens (primary N) is 1. The molecule has 9 heavy (non-hydrogen) atoms. The van der Waals surface area contributed by atoms with E-state index in [-0.39, 0.29) is 5.75 Å². The lowest BCUT2D eigenvalue weighted by Crippen LogP contribution is -1.94.